The molecule has 0 fully saturated rings. The highest BCUT2D eigenvalue weighted by Crippen LogP contribution is 2.22. The minimum atomic E-state index is -0.0603. The smallest absolute Gasteiger partial charge is 0.225 e. The molecule has 1 aromatic heterocycles. The Labute approximate surface area is 176 Å². The first-order chi connectivity index (χ1) is 14.8. The van der Waals surface area contributed by atoms with E-state index in [4.69, 9.17) is 4.98 Å². The number of hydrogen-bond donors (Lipinski definition) is 1. The quantitative estimate of drug-likeness (QED) is 0.463. The van der Waals surface area contributed by atoms with Gasteiger partial charge in [-0.3, -0.25) is 4.79 Å². The van der Waals surface area contributed by atoms with Gasteiger partial charge in [0.1, 0.15) is 0 Å². The fraction of sp³-hybridized carbons (Fsp3) is 0.115. The zero-order chi connectivity index (χ0) is 20.6. The number of carbonyl (C=O) groups excluding carboxylic acids is 1. The number of nitrogens with one attached hydrogen (secondary N) is 1. The summed E-state index contributed by atoms with van der Waals surface area (Å²) in [7, 11) is 0. The number of benzene rings is 3. The molecule has 0 aliphatic rings. The first kappa shape index (κ1) is 19.5. The summed E-state index contributed by atoms with van der Waals surface area (Å²) in [5, 5.41) is 2.97. The fourth-order valence-corrected chi connectivity index (χ4v) is 3.29. The average Bonchev–Trinajstić information content (AvgIpc) is 2.81. The van der Waals surface area contributed by atoms with Crippen molar-refractivity contribution in [1.29, 1.82) is 0 Å². The second-order valence-electron chi connectivity index (χ2n) is 7.11. The van der Waals surface area contributed by atoms with Gasteiger partial charge in [0, 0.05) is 18.4 Å². The van der Waals surface area contributed by atoms with E-state index in [2.05, 4.69) is 22.4 Å². The van der Waals surface area contributed by atoms with Gasteiger partial charge < -0.3 is 5.32 Å². The molecule has 0 aliphatic carbocycles. The largest absolute Gasteiger partial charge is 0.309 e. The molecule has 3 aromatic carbocycles. The minimum absolute atomic E-state index is 0.0603. The molecule has 1 heterocycles. The lowest BCUT2D eigenvalue weighted by molar-refractivity contribution is -0.116. The third-order valence-corrected chi connectivity index (χ3v) is 4.87. The zero-order valence-corrected chi connectivity index (χ0v) is 16.7. The summed E-state index contributed by atoms with van der Waals surface area (Å²) >= 11 is 0. The molecule has 30 heavy (non-hydrogen) atoms. The highest BCUT2D eigenvalue weighted by Gasteiger charge is 2.13. The Balaban J connectivity index is 1.55. The number of nitrogens with zero attached hydrogens (tertiary/aromatic N) is 2. The lowest BCUT2D eigenvalue weighted by Gasteiger charge is -2.12. The molecule has 1 N–H and O–H groups in total. The Hall–Kier alpha value is -3.79. The standard InChI is InChI=1S/C26H23N3O/c30-25(17-16-20-10-4-1-5-11-20)29-26-23(18-21-12-6-2-7-13-21)28-24(19-27-26)22-14-8-3-9-15-22/h1-15,19H,16-18H2,(H,27,29,30). The predicted octanol–water partition coefficient (Wildman–Crippen LogP) is 5.31. The van der Waals surface area contributed by atoms with Crippen LogP contribution in [0.2, 0.25) is 0 Å². The first-order valence-corrected chi connectivity index (χ1v) is 10.1. The van der Waals surface area contributed by atoms with Crippen LogP contribution in [0.1, 0.15) is 23.2 Å². The van der Waals surface area contributed by atoms with Crippen LogP contribution in [0.25, 0.3) is 11.3 Å². The van der Waals surface area contributed by atoms with Gasteiger partial charge in [0.25, 0.3) is 0 Å². The summed E-state index contributed by atoms with van der Waals surface area (Å²) in [5.41, 5.74) is 4.82. The van der Waals surface area contributed by atoms with E-state index in [1.807, 2.05) is 78.9 Å². The summed E-state index contributed by atoms with van der Waals surface area (Å²) in [6.07, 6.45) is 3.41. The number of anilines is 1. The Kier molecular flexibility index (Phi) is 6.25. The van der Waals surface area contributed by atoms with E-state index in [-0.39, 0.29) is 5.91 Å². The van der Waals surface area contributed by atoms with Crippen molar-refractivity contribution in [1.82, 2.24) is 9.97 Å². The molecule has 0 saturated heterocycles. The molecule has 4 nitrogen and oxygen atoms in total. The first-order valence-electron chi connectivity index (χ1n) is 10.1. The van der Waals surface area contributed by atoms with Crippen LogP contribution in [0.15, 0.2) is 97.2 Å². The van der Waals surface area contributed by atoms with Crippen molar-refractivity contribution in [3.63, 3.8) is 0 Å². The van der Waals surface area contributed by atoms with Gasteiger partial charge in [0.05, 0.1) is 17.6 Å². The van der Waals surface area contributed by atoms with E-state index in [0.717, 1.165) is 28.1 Å². The second kappa shape index (κ2) is 9.61. The van der Waals surface area contributed by atoms with Crippen LogP contribution >= 0.6 is 0 Å². The maximum absolute atomic E-state index is 12.6. The van der Waals surface area contributed by atoms with E-state index < -0.39 is 0 Å². The maximum Gasteiger partial charge on any atom is 0.225 e. The lowest BCUT2D eigenvalue weighted by atomic mass is 10.1. The van der Waals surface area contributed by atoms with Gasteiger partial charge in [-0.1, -0.05) is 91.0 Å². The van der Waals surface area contributed by atoms with Gasteiger partial charge in [-0.25, -0.2) is 9.97 Å². The van der Waals surface area contributed by atoms with Crippen LogP contribution in [-0.4, -0.2) is 15.9 Å². The topological polar surface area (TPSA) is 54.9 Å². The van der Waals surface area contributed by atoms with Crippen molar-refractivity contribution in [3.05, 3.63) is 114 Å². The van der Waals surface area contributed by atoms with Crippen LogP contribution in [-0.2, 0) is 17.6 Å². The minimum Gasteiger partial charge on any atom is -0.309 e. The van der Waals surface area contributed by atoms with E-state index in [1.165, 1.54) is 0 Å². The Bertz CT molecular complexity index is 1100. The van der Waals surface area contributed by atoms with E-state index in [9.17, 15) is 4.79 Å². The SMILES string of the molecule is O=C(CCc1ccccc1)Nc1ncc(-c2ccccc2)nc1Cc1ccccc1. The van der Waals surface area contributed by atoms with Gasteiger partial charge in [0.2, 0.25) is 5.91 Å². The number of aryl methyl sites for hydroxylation is 1. The third kappa shape index (κ3) is 5.17. The molecule has 0 unspecified atom stereocenters. The Morgan fingerprint density at radius 2 is 1.37 bits per heavy atom. The van der Waals surface area contributed by atoms with Crippen molar-refractivity contribution < 1.29 is 4.79 Å². The fourth-order valence-electron chi connectivity index (χ4n) is 3.29. The maximum atomic E-state index is 12.6. The molecular formula is C26H23N3O. The van der Waals surface area contributed by atoms with E-state index >= 15 is 0 Å². The number of carbonyl (C=O) groups is 1. The van der Waals surface area contributed by atoms with Gasteiger partial charge in [-0.15, -0.1) is 0 Å². The van der Waals surface area contributed by atoms with Crippen molar-refractivity contribution in [2.75, 3.05) is 5.32 Å². The number of hydrogen-bond acceptors (Lipinski definition) is 3. The molecule has 0 saturated carbocycles. The third-order valence-electron chi connectivity index (χ3n) is 4.87. The van der Waals surface area contributed by atoms with Crippen molar-refractivity contribution >= 4 is 11.7 Å². The molecule has 4 aromatic rings. The summed E-state index contributed by atoms with van der Waals surface area (Å²) in [5.74, 6) is 0.464. The molecule has 0 bridgehead atoms. The molecule has 1 amide bonds. The summed E-state index contributed by atoms with van der Waals surface area (Å²) < 4.78 is 0. The van der Waals surface area contributed by atoms with Gasteiger partial charge >= 0.3 is 0 Å². The normalized spacial score (nSPS) is 10.5. The molecule has 0 atom stereocenters. The molecule has 4 rings (SSSR count). The average molecular weight is 393 g/mol. The molecule has 0 aliphatic heterocycles. The van der Waals surface area contributed by atoms with Gasteiger partial charge in [0.15, 0.2) is 5.82 Å². The molecule has 0 spiro atoms. The number of amides is 1. The van der Waals surface area contributed by atoms with Crippen LogP contribution in [0.5, 0.6) is 0 Å². The molecule has 148 valence electrons. The predicted molar refractivity (Wildman–Crippen MR) is 120 cm³/mol. The van der Waals surface area contributed by atoms with E-state index in [0.29, 0.717) is 25.1 Å². The molecule has 4 heteroatoms. The highest BCUT2D eigenvalue weighted by molar-refractivity contribution is 5.90. The Morgan fingerprint density at radius 1 is 0.767 bits per heavy atom. The second-order valence-corrected chi connectivity index (χ2v) is 7.11. The number of rotatable bonds is 7. The van der Waals surface area contributed by atoms with Crippen molar-refractivity contribution in [3.8, 4) is 11.3 Å². The molecular weight excluding hydrogens is 370 g/mol. The molecule has 0 radical (unpaired) electrons. The Morgan fingerprint density at radius 3 is 2.03 bits per heavy atom. The summed E-state index contributed by atoms with van der Waals surface area (Å²) in [6, 6.07) is 30.1. The summed E-state index contributed by atoms with van der Waals surface area (Å²) in [6.45, 7) is 0. The van der Waals surface area contributed by atoms with Gasteiger partial charge in [-0.05, 0) is 17.5 Å². The van der Waals surface area contributed by atoms with E-state index in [1.54, 1.807) is 6.20 Å². The summed E-state index contributed by atoms with van der Waals surface area (Å²) in [4.78, 5) is 22.0. The van der Waals surface area contributed by atoms with Crippen LogP contribution in [0.3, 0.4) is 0 Å². The van der Waals surface area contributed by atoms with Crippen LogP contribution < -0.4 is 5.32 Å². The number of aromatic nitrogens is 2. The highest BCUT2D eigenvalue weighted by atomic mass is 16.1. The monoisotopic (exact) mass is 393 g/mol. The zero-order valence-electron chi connectivity index (χ0n) is 16.7. The van der Waals surface area contributed by atoms with Crippen LogP contribution in [0, 0.1) is 0 Å². The lowest BCUT2D eigenvalue weighted by Crippen LogP contribution is -2.16. The van der Waals surface area contributed by atoms with Crippen molar-refractivity contribution in [2.45, 2.75) is 19.3 Å². The van der Waals surface area contributed by atoms with Gasteiger partial charge in [-0.2, -0.15) is 0 Å². The van der Waals surface area contributed by atoms with Crippen molar-refractivity contribution in [2.24, 2.45) is 0 Å². The van der Waals surface area contributed by atoms with Crippen LogP contribution in [0.4, 0.5) is 5.82 Å².